The molecular weight excluding hydrogens is 1160 g/mol. The number of aliphatic hydroxyl groups excluding tert-OH is 3. The Kier molecular flexibility index (Phi) is 17.3. The van der Waals surface area contributed by atoms with E-state index in [4.69, 9.17) is 59.0 Å². The van der Waals surface area contributed by atoms with Gasteiger partial charge >= 0.3 is 36.9 Å². The van der Waals surface area contributed by atoms with Crippen LogP contribution in [0.5, 0.6) is 0 Å². The number of nitrogens with zero attached hydrogens (tertiary/aromatic N) is 10. The Balaban J connectivity index is 0.872. The number of H-pyrrole nitrogens is 2. The van der Waals surface area contributed by atoms with Gasteiger partial charge < -0.3 is 75.8 Å². The second-order valence-electron chi connectivity index (χ2n) is 18.1. The second kappa shape index (κ2) is 23.2. The number of unbranched alkanes of at least 4 members (excludes halogenated alkanes) is 1. The normalized spacial score (nSPS) is 29.3. The number of ether oxygens (including phenoxy) is 5. The molecule has 440 valence electrons. The maximum absolute atomic E-state index is 13.7. The van der Waals surface area contributed by atoms with Gasteiger partial charge in [0.15, 0.2) is 35.1 Å². The molecule has 0 amide bonds. The van der Waals surface area contributed by atoms with Crippen LogP contribution in [0.1, 0.15) is 38.4 Å². The van der Waals surface area contributed by atoms with Crippen molar-refractivity contribution in [1.29, 1.82) is 0 Å². The maximum Gasteiger partial charge on any atom is 0.490 e. The first kappa shape index (κ1) is 59.5. The number of anilines is 3. The molecule has 0 spiro atoms. The van der Waals surface area contributed by atoms with Gasteiger partial charge in [0.2, 0.25) is 24.5 Å². The molecule has 3 aliphatic rings. The highest BCUT2D eigenvalue weighted by atomic mass is 31.3. The number of imidazole rings is 3. The van der Waals surface area contributed by atoms with E-state index < -0.39 is 136 Å². The van der Waals surface area contributed by atoms with Crippen molar-refractivity contribution in [3.8, 4) is 0 Å². The van der Waals surface area contributed by atoms with E-state index in [1.54, 1.807) is 0 Å². The molecule has 15 N–H and O–H groups in total. The van der Waals surface area contributed by atoms with Crippen LogP contribution in [0.15, 0.2) is 34.9 Å². The highest BCUT2D eigenvalue weighted by Gasteiger charge is 2.54. The number of nitrogens with two attached hydrogens (primary N) is 3. The quantitative estimate of drug-likeness (QED) is 0.0167. The predicted molar refractivity (Wildman–Crippen MR) is 262 cm³/mol. The Labute approximate surface area is 446 Å². The summed E-state index contributed by atoms with van der Waals surface area (Å²) in [6.45, 7) is -1.24. The molecule has 39 nitrogen and oxygen atoms in total. The van der Waals surface area contributed by atoms with E-state index in [2.05, 4.69) is 48.5 Å². The molecule has 43 heteroatoms. The molecule has 80 heavy (non-hydrogen) atoms. The van der Waals surface area contributed by atoms with E-state index in [0.717, 1.165) is 37.1 Å². The Bertz CT molecular complexity index is 3570. The SMILES string of the molecule is CCCCOC[C@H]1[C@@H](O)[C@H](n2c[n+](C)c3c(=O)[nH]c(N)nc32)O[C@@H]1COP(=O)(O)OP(=O)(O)OP(=O)(O)OC[C@H]1O[C@@H](n2cnc3c(N)ncnc32)[C@H](OC)[C@@H]1OP(=O)(O)OC[C@H]1O[C@@H](n2cnc3c(=O)[nH]c(N)nc32)[C@H](O)[C@@H]1O. The van der Waals surface area contributed by atoms with Crippen LogP contribution in [0.3, 0.4) is 0 Å². The van der Waals surface area contributed by atoms with Crippen molar-refractivity contribution in [2.75, 3.05) is 57.3 Å². The summed E-state index contributed by atoms with van der Waals surface area (Å²) in [5, 5.41) is 33.3. The number of hydrogen-bond acceptors (Lipinski definition) is 29. The van der Waals surface area contributed by atoms with Crippen LogP contribution in [-0.2, 0) is 75.7 Å². The average Bonchev–Trinajstić information content (AvgIpc) is 4.29. The first-order chi connectivity index (χ1) is 37.7. The van der Waals surface area contributed by atoms with E-state index in [1.165, 1.54) is 27.1 Å². The monoisotopic (exact) mass is 1220 g/mol. The fourth-order valence-corrected chi connectivity index (χ4v) is 13.5. The number of hydrogen-bond donors (Lipinski definition) is 12. The molecule has 3 fully saturated rings. The number of nitrogens with one attached hydrogen (secondary N) is 2. The molecule has 0 aromatic carbocycles. The van der Waals surface area contributed by atoms with Crippen LogP contribution in [-0.4, -0.2) is 177 Å². The number of phosphoric acid groups is 4. The van der Waals surface area contributed by atoms with E-state index in [9.17, 15) is 62.7 Å². The van der Waals surface area contributed by atoms with Crippen molar-refractivity contribution >= 4 is 82.5 Å². The van der Waals surface area contributed by atoms with Gasteiger partial charge in [-0.05, 0) is 6.42 Å². The number of nitrogen functional groups attached to an aromatic ring is 3. The molecular formula is C37H54N15O24P4+. The van der Waals surface area contributed by atoms with Gasteiger partial charge in [-0.25, -0.2) is 42.8 Å². The van der Waals surface area contributed by atoms with Crippen molar-refractivity contribution in [1.82, 2.24) is 53.6 Å². The van der Waals surface area contributed by atoms with Gasteiger partial charge in [0.25, 0.3) is 16.7 Å². The largest absolute Gasteiger partial charge is 0.490 e. The highest BCUT2D eigenvalue weighted by Crippen LogP contribution is 2.68. The molecule has 9 heterocycles. The first-order valence-electron chi connectivity index (χ1n) is 23.6. The lowest BCUT2D eigenvalue weighted by molar-refractivity contribution is -0.646. The summed E-state index contributed by atoms with van der Waals surface area (Å²) < 4.78 is 117. The average molecular weight is 1220 g/mol. The number of phosphoric ester groups is 3. The number of methoxy groups -OCH3 is 1. The zero-order valence-corrected chi connectivity index (χ0v) is 45.3. The zero-order valence-electron chi connectivity index (χ0n) is 41.8. The number of fused-ring (bicyclic) bond motifs is 3. The third-order valence-corrected chi connectivity index (χ3v) is 17.9. The van der Waals surface area contributed by atoms with E-state index in [-0.39, 0.29) is 64.4 Å². The van der Waals surface area contributed by atoms with Gasteiger partial charge in [0, 0.05) is 19.6 Å². The van der Waals surface area contributed by atoms with Crippen LogP contribution in [0.4, 0.5) is 17.7 Å². The zero-order chi connectivity index (χ0) is 57.8. The number of aryl methyl sites for hydroxylation is 1. The number of aromatic amines is 2. The van der Waals surface area contributed by atoms with Gasteiger partial charge in [-0.15, -0.1) is 0 Å². The third kappa shape index (κ3) is 12.4. The van der Waals surface area contributed by atoms with Gasteiger partial charge in [0.1, 0.15) is 54.6 Å². The molecule has 0 bridgehead atoms. The molecule has 9 rings (SSSR count). The molecule has 3 aliphatic heterocycles. The minimum Gasteiger partial charge on any atom is -0.387 e. The topological polar surface area (TPSA) is 551 Å². The van der Waals surface area contributed by atoms with Crippen molar-refractivity contribution in [2.45, 2.75) is 87.3 Å². The predicted octanol–water partition coefficient (Wildman–Crippen LogP) is -2.64. The molecule has 4 unspecified atom stereocenters. The summed E-state index contributed by atoms with van der Waals surface area (Å²) in [5.41, 5.74) is 15.8. The number of aliphatic hydroxyl groups is 3. The Hall–Kier alpha value is -5.15. The lowest BCUT2D eigenvalue weighted by atomic mass is 9.99. The molecule has 0 saturated carbocycles. The van der Waals surface area contributed by atoms with E-state index in [0.29, 0.717) is 6.42 Å². The summed E-state index contributed by atoms with van der Waals surface area (Å²) in [7, 11) is -20.8. The van der Waals surface area contributed by atoms with Crippen LogP contribution in [0.2, 0.25) is 0 Å². The van der Waals surface area contributed by atoms with Crippen LogP contribution in [0, 0.1) is 5.92 Å². The standard InChI is InChI=1S/C37H53N15O24P4/c1-4-5-6-67-7-15-16(71-33(22(15)53)52-14-49(2)21-30(52)46-37(40)48-32(21)57)8-69-78(60,61)75-80(64,65)76-79(62,63)70-10-18-25(26(66-3)35(73-18)50-12-43-19-27(38)41-11-42-28(19)50)74-77(58,59)68-9-17-23(54)24(55)34(72-17)51-13-44-20-29(51)45-36(39)47-31(20)56/h11-18,22-26,33-35,53-55H,4-10H2,1-3H3,(H11-,38,39,40,41,42,45,46,47,48,56,57,58,59,60,61,62,63,64,65)/p+1/t15-,16-,17-,18-,22-,23-,24-,25-,26-,33-,34-,35-/m1/s1. The molecule has 0 aliphatic carbocycles. The summed E-state index contributed by atoms with van der Waals surface area (Å²) >= 11 is 0. The van der Waals surface area contributed by atoms with E-state index in [1.807, 2.05) is 6.92 Å². The van der Waals surface area contributed by atoms with Crippen LogP contribution < -0.4 is 32.9 Å². The lowest BCUT2D eigenvalue weighted by Crippen LogP contribution is -2.38. The Morgan fingerprint density at radius 2 is 1.24 bits per heavy atom. The fraction of sp³-hybridized carbons (Fsp3) is 0.595. The van der Waals surface area contributed by atoms with Crippen molar-refractivity contribution < 1.29 is 108 Å². The molecule has 6 aromatic heterocycles. The van der Waals surface area contributed by atoms with Crippen LogP contribution >= 0.6 is 31.3 Å². The molecule has 0 radical (unpaired) electrons. The summed E-state index contributed by atoms with van der Waals surface area (Å²) in [6.07, 6.45) is -11.5. The van der Waals surface area contributed by atoms with Gasteiger partial charge in [-0.3, -0.25) is 46.8 Å². The van der Waals surface area contributed by atoms with Gasteiger partial charge in [0.05, 0.1) is 52.2 Å². The smallest absolute Gasteiger partial charge is 0.387 e. The minimum atomic E-state index is -6.19. The fourth-order valence-electron chi connectivity index (χ4n) is 9.05. The summed E-state index contributed by atoms with van der Waals surface area (Å²) in [6, 6.07) is 0. The summed E-state index contributed by atoms with van der Waals surface area (Å²) in [4.78, 5) is 96.9. The minimum absolute atomic E-state index is 0.0111. The molecule has 3 saturated heterocycles. The molecule has 6 aromatic rings. The molecule has 16 atom stereocenters. The Morgan fingerprint density at radius 1 is 0.662 bits per heavy atom. The van der Waals surface area contributed by atoms with Crippen molar-refractivity contribution in [3.05, 3.63) is 46.0 Å². The lowest BCUT2D eigenvalue weighted by Gasteiger charge is -2.26. The Morgan fingerprint density at radius 3 is 1.91 bits per heavy atom. The van der Waals surface area contributed by atoms with Gasteiger partial charge in [-0.1, -0.05) is 13.3 Å². The highest BCUT2D eigenvalue weighted by molar-refractivity contribution is 7.66. The van der Waals surface area contributed by atoms with Crippen LogP contribution in [0.25, 0.3) is 33.5 Å². The van der Waals surface area contributed by atoms with E-state index >= 15 is 0 Å². The maximum atomic E-state index is 13.7. The number of aromatic nitrogens is 12. The van der Waals surface area contributed by atoms with Crippen molar-refractivity contribution in [2.24, 2.45) is 13.0 Å². The summed E-state index contributed by atoms with van der Waals surface area (Å²) in [5.74, 6) is -1.69. The van der Waals surface area contributed by atoms with Gasteiger partial charge in [-0.2, -0.15) is 23.2 Å². The second-order valence-corrected chi connectivity index (χ2v) is 24.1. The first-order valence-corrected chi connectivity index (χ1v) is 29.6. The van der Waals surface area contributed by atoms with Crippen molar-refractivity contribution in [3.63, 3.8) is 0 Å². The third-order valence-electron chi connectivity index (χ3n) is 12.7. The number of rotatable bonds is 24.